The van der Waals surface area contributed by atoms with Crippen molar-refractivity contribution >= 4 is 11.8 Å². The first kappa shape index (κ1) is 22.5. The molecule has 0 saturated carbocycles. The number of hydrogen-bond acceptors (Lipinski definition) is 4. The van der Waals surface area contributed by atoms with Gasteiger partial charge in [-0.25, -0.2) is 0 Å². The Kier molecular flexibility index (Phi) is 7.35. The Balaban J connectivity index is 1.42. The van der Waals surface area contributed by atoms with E-state index in [1.54, 1.807) is 17.3 Å². The van der Waals surface area contributed by atoms with Crippen molar-refractivity contribution in [1.29, 1.82) is 0 Å². The summed E-state index contributed by atoms with van der Waals surface area (Å²) >= 11 is 0. The number of nitrogens with one attached hydrogen (secondary N) is 1. The zero-order chi connectivity index (χ0) is 23.0. The molecule has 6 nitrogen and oxygen atoms in total. The van der Waals surface area contributed by atoms with Crippen LogP contribution in [0, 0.1) is 12.8 Å². The van der Waals surface area contributed by atoms with E-state index in [9.17, 15) is 9.59 Å². The Labute approximate surface area is 194 Å². The van der Waals surface area contributed by atoms with Crippen molar-refractivity contribution < 1.29 is 14.3 Å². The number of carbonyl (C=O) groups is 2. The molecule has 0 bridgehead atoms. The van der Waals surface area contributed by atoms with Crippen LogP contribution in [0.4, 0.5) is 0 Å². The fourth-order valence-electron chi connectivity index (χ4n) is 4.18. The predicted molar refractivity (Wildman–Crippen MR) is 128 cm³/mol. The molecule has 1 fully saturated rings. The molecule has 2 aromatic carbocycles. The van der Waals surface area contributed by atoms with Gasteiger partial charge in [-0.3, -0.25) is 14.6 Å². The minimum Gasteiger partial charge on any atom is -0.493 e. The first-order valence-corrected chi connectivity index (χ1v) is 11.3. The first-order valence-electron chi connectivity index (χ1n) is 11.3. The largest absolute Gasteiger partial charge is 0.493 e. The lowest BCUT2D eigenvalue weighted by Gasteiger charge is -2.24. The molecule has 1 unspecified atom stereocenters. The van der Waals surface area contributed by atoms with Crippen LogP contribution in [0.2, 0.25) is 0 Å². The van der Waals surface area contributed by atoms with E-state index in [0.717, 1.165) is 28.0 Å². The minimum absolute atomic E-state index is 0.00695. The maximum atomic E-state index is 12.9. The zero-order valence-corrected chi connectivity index (χ0v) is 18.9. The second kappa shape index (κ2) is 10.8. The molecular weight excluding hydrogens is 414 g/mol. The number of para-hydroxylation sites is 1. The molecule has 0 spiro atoms. The molecule has 1 N–H and O–H groups in total. The maximum Gasteiger partial charge on any atom is 0.226 e. The van der Waals surface area contributed by atoms with Crippen LogP contribution in [0.15, 0.2) is 73.1 Å². The van der Waals surface area contributed by atoms with Crippen LogP contribution < -0.4 is 10.1 Å². The number of amides is 2. The molecule has 0 radical (unpaired) electrons. The van der Waals surface area contributed by atoms with E-state index in [1.165, 1.54) is 0 Å². The standard InChI is InChI=1S/C27H29N3O3/c1-20-6-2-5-9-25(20)33-17-12-26(31)30-16-15-29-27(32)23(19-30)18-22-7-3-4-8-24(22)21-10-13-28-14-11-21/h2-11,13-14,23H,12,15-19H2,1H3,(H,29,32). The molecule has 1 aromatic heterocycles. The molecule has 1 aliphatic heterocycles. The fraction of sp³-hybridized carbons (Fsp3) is 0.296. The number of nitrogens with zero attached hydrogens (tertiary/aromatic N) is 2. The monoisotopic (exact) mass is 443 g/mol. The number of aryl methyl sites for hydroxylation is 1. The fourth-order valence-corrected chi connectivity index (χ4v) is 4.18. The van der Waals surface area contributed by atoms with Gasteiger partial charge in [0.25, 0.3) is 0 Å². The summed E-state index contributed by atoms with van der Waals surface area (Å²) in [5.74, 6) is 0.485. The third-order valence-electron chi connectivity index (χ3n) is 5.99. The summed E-state index contributed by atoms with van der Waals surface area (Å²) < 4.78 is 5.80. The van der Waals surface area contributed by atoms with Gasteiger partial charge in [0.05, 0.1) is 18.9 Å². The van der Waals surface area contributed by atoms with Gasteiger partial charge in [0, 0.05) is 32.0 Å². The molecular formula is C27H29N3O3. The summed E-state index contributed by atoms with van der Waals surface area (Å²) in [6, 6.07) is 19.8. The van der Waals surface area contributed by atoms with Gasteiger partial charge < -0.3 is 15.0 Å². The summed E-state index contributed by atoms with van der Waals surface area (Å²) in [7, 11) is 0. The van der Waals surface area contributed by atoms with Gasteiger partial charge in [0.1, 0.15) is 5.75 Å². The second-order valence-electron chi connectivity index (χ2n) is 8.29. The van der Waals surface area contributed by atoms with Gasteiger partial charge in [0.2, 0.25) is 11.8 Å². The van der Waals surface area contributed by atoms with Gasteiger partial charge in [-0.15, -0.1) is 0 Å². The third-order valence-corrected chi connectivity index (χ3v) is 5.99. The molecule has 170 valence electrons. The Morgan fingerprint density at radius 3 is 2.67 bits per heavy atom. The van der Waals surface area contributed by atoms with Gasteiger partial charge in [-0.05, 0) is 53.8 Å². The molecule has 0 aliphatic carbocycles. The Bertz CT molecular complexity index is 1100. The molecule has 2 heterocycles. The number of hydrogen-bond donors (Lipinski definition) is 1. The molecule has 1 atom stereocenters. The molecule has 6 heteroatoms. The number of ether oxygens (including phenoxy) is 1. The summed E-state index contributed by atoms with van der Waals surface area (Å²) in [5.41, 5.74) is 4.28. The van der Waals surface area contributed by atoms with Crippen LogP contribution in [-0.2, 0) is 16.0 Å². The molecule has 2 amide bonds. The van der Waals surface area contributed by atoms with E-state index >= 15 is 0 Å². The van der Waals surface area contributed by atoms with Crippen LogP contribution in [0.25, 0.3) is 11.1 Å². The molecule has 4 rings (SSSR count). The van der Waals surface area contributed by atoms with Crippen molar-refractivity contribution in [3.8, 4) is 16.9 Å². The summed E-state index contributed by atoms with van der Waals surface area (Å²) in [4.78, 5) is 31.6. The van der Waals surface area contributed by atoms with Crippen LogP contribution in [-0.4, -0.2) is 47.9 Å². The van der Waals surface area contributed by atoms with Crippen LogP contribution in [0.3, 0.4) is 0 Å². The van der Waals surface area contributed by atoms with E-state index in [0.29, 0.717) is 32.7 Å². The van der Waals surface area contributed by atoms with E-state index in [-0.39, 0.29) is 24.2 Å². The number of carbonyl (C=O) groups excluding carboxylic acids is 2. The summed E-state index contributed by atoms with van der Waals surface area (Å²) in [6.45, 7) is 3.68. The average Bonchev–Trinajstić information content (AvgIpc) is 3.02. The van der Waals surface area contributed by atoms with Crippen molar-refractivity contribution in [2.45, 2.75) is 19.8 Å². The lowest BCUT2D eigenvalue weighted by Crippen LogP contribution is -2.37. The minimum atomic E-state index is -0.309. The number of pyridine rings is 1. The third kappa shape index (κ3) is 5.77. The van der Waals surface area contributed by atoms with E-state index in [4.69, 9.17) is 4.74 Å². The Morgan fingerprint density at radius 2 is 1.85 bits per heavy atom. The lowest BCUT2D eigenvalue weighted by molar-refractivity contribution is -0.132. The van der Waals surface area contributed by atoms with Gasteiger partial charge in [-0.1, -0.05) is 42.5 Å². The Hall–Kier alpha value is -3.67. The highest BCUT2D eigenvalue weighted by Crippen LogP contribution is 2.26. The lowest BCUT2D eigenvalue weighted by atomic mass is 9.92. The average molecular weight is 444 g/mol. The predicted octanol–water partition coefficient (Wildman–Crippen LogP) is 3.64. The normalized spacial score (nSPS) is 16.1. The van der Waals surface area contributed by atoms with E-state index in [2.05, 4.69) is 22.4 Å². The van der Waals surface area contributed by atoms with Crippen LogP contribution in [0.5, 0.6) is 5.75 Å². The number of rotatable bonds is 7. The maximum absolute atomic E-state index is 12.9. The van der Waals surface area contributed by atoms with Crippen molar-refractivity contribution in [2.24, 2.45) is 5.92 Å². The SMILES string of the molecule is Cc1ccccc1OCCC(=O)N1CCNC(=O)C(Cc2ccccc2-c2ccncc2)C1. The molecule has 3 aromatic rings. The van der Waals surface area contributed by atoms with Crippen molar-refractivity contribution in [3.05, 3.63) is 84.2 Å². The second-order valence-corrected chi connectivity index (χ2v) is 8.29. The van der Waals surface area contributed by atoms with Gasteiger partial charge in [-0.2, -0.15) is 0 Å². The number of aromatic nitrogens is 1. The first-order chi connectivity index (χ1) is 16.1. The molecule has 1 aliphatic rings. The van der Waals surface area contributed by atoms with Crippen molar-refractivity contribution in [3.63, 3.8) is 0 Å². The van der Waals surface area contributed by atoms with Crippen LogP contribution >= 0.6 is 0 Å². The summed E-state index contributed by atoms with van der Waals surface area (Å²) in [5, 5.41) is 2.97. The van der Waals surface area contributed by atoms with Gasteiger partial charge in [0.15, 0.2) is 0 Å². The number of benzene rings is 2. The van der Waals surface area contributed by atoms with Crippen molar-refractivity contribution in [1.82, 2.24) is 15.2 Å². The highest BCUT2D eigenvalue weighted by atomic mass is 16.5. The van der Waals surface area contributed by atoms with Crippen LogP contribution in [0.1, 0.15) is 17.5 Å². The summed E-state index contributed by atoms with van der Waals surface area (Å²) in [6.07, 6.45) is 4.38. The van der Waals surface area contributed by atoms with Crippen molar-refractivity contribution in [2.75, 3.05) is 26.2 Å². The quantitative estimate of drug-likeness (QED) is 0.605. The molecule has 33 heavy (non-hydrogen) atoms. The van der Waals surface area contributed by atoms with E-state index < -0.39 is 0 Å². The Morgan fingerprint density at radius 1 is 1.09 bits per heavy atom. The topological polar surface area (TPSA) is 71.5 Å². The highest BCUT2D eigenvalue weighted by molar-refractivity contribution is 5.82. The van der Waals surface area contributed by atoms with Gasteiger partial charge >= 0.3 is 0 Å². The molecule has 1 saturated heterocycles. The zero-order valence-electron chi connectivity index (χ0n) is 18.9. The smallest absolute Gasteiger partial charge is 0.226 e. The highest BCUT2D eigenvalue weighted by Gasteiger charge is 2.28. The van der Waals surface area contributed by atoms with E-state index in [1.807, 2.05) is 55.5 Å².